The molecule has 3 aliphatic rings. The van der Waals surface area contributed by atoms with Crippen LogP contribution in [0.2, 0.25) is 0 Å². The highest BCUT2D eigenvalue weighted by molar-refractivity contribution is 7.80. The zero-order valence-corrected chi connectivity index (χ0v) is 13.2. The Labute approximate surface area is 136 Å². The van der Waals surface area contributed by atoms with Crippen molar-refractivity contribution >= 4 is 28.2 Å². The smallest absolute Gasteiger partial charge is 0.353 e. The van der Waals surface area contributed by atoms with Crippen LogP contribution in [-0.2, 0) is 29.1 Å². The van der Waals surface area contributed by atoms with Gasteiger partial charge in [-0.25, -0.2) is 10.3 Å². The molecule has 0 radical (unpaired) electrons. The summed E-state index contributed by atoms with van der Waals surface area (Å²) < 4.78 is 34.6. The number of rotatable bonds is 5. The lowest BCUT2D eigenvalue weighted by Crippen LogP contribution is -2.50. The molecule has 13 heteroatoms. The minimum Gasteiger partial charge on any atom is -0.353 e. The summed E-state index contributed by atoms with van der Waals surface area (Å²) >= 11 is 0. The summed E-state index contributed by atoms with van der Waals surface area (Å²) in [5.74, 6) is -0.752. The van der Waals surface area contributed by atoms with Crippen LogP contribution in [-0.4, -0.2) is 72.1 Å². The number of piperidine rings is 1. The normalized spacial score (nSPS) is 29.8. The summed E-state index contributed by atoms with van der Waals surface area (Å²) in [7, 11) is -4.83. The SMILES string of the molecule is O=C1C[C@@H](ONC(=O)[C@@H]2CC[C@@H]3CN2C(=O)N3OS(=O)(=O)O)CN1. The first-order valence-corrected chi connectivity index (χ1v) is 8.60. The van der Waals surface area contributed by atoms with Crippen LogP contribution < -0.4 is 10.8 Å². The zero-order valence-electron chi connectivity index (χ0n) is 12.4. The predicted molar refractivity (Wildman–Crippen MR) is 74.0 cm³/mol. The summed E-state index contributed by atoms with van der Waals surface area (Å²) in [5.41, 5.74) is 2.23. The summed E-state index contributed by atoms with van der Waals surface area (Å²) in [6.45, 7) is 0.375. The molecule has 3 heterocycles. The van der Waals surface area contributed by atoms with Gasteiger partial charge < -0.3 is 10.2 Å². The number of fused-ring (bicyclic) bond motifs is 2. The van der Waals surface area contributed by atoms with Gasteiger partial charge in [-0.05, 0) is 12.8 Å². The van der Waals surface area contributed by atoms with Gasteiger partial charge in [0.05, 0.1) is 12.5 Å². The van der Waals surface area contributed by atoms with E-state index in [4.69, 9.17) is 9.39 Å². The molecule has 0 aliphatic carbocycles. The second-order valence-electron chi connectivity index (χ2n) is 5.72. The first-order chi connectivity index (χ1) is 11.2. The van der Waals surface area contributed by atoms with E-state index in [1.165, 1.54) is 0 Å². The van der Waals surface area contributed by atoms with Crippen LogP contribution >= 0.6 is 0 Å². The summed E-state index contributed by atoms with van der Waals surface area (Å²) in [6, 6.07) is -2.25. The number of hydrogen-bond donors (Lipinski definition) is 3. The molecule has 0 saturated carbocycles. The first kappa shape index (κ1) is 16.9. The molecule has 3 N–H and O–H groups in total. The molecule has 2 bridgehead atoms. The van der Waals surface area contributed by atoms with E-state index in [0.717, 1.165) is 4.90 Å². The molecule has 4 amide bonds. The van der Waals surface area contributed by atoms with Crippen molar-refractivity contribution in [3.63, 3.8) is 0 Å². The molecule has 3 saturated heterocycles. The maximum Gasteiger partial charge on any atom is 0.418 e. The third-order valence-corrected chi connectivity index (χ3v) is 4.42. The Morgan fingerprint density at radius 3 is 2.71 bits per heavy atom. The highest BCUT2D eigenvalue weighted by atomic mass is 32.3. The van der Waals surface area contributed by atoms with E-state index in [2.05, 4.69) is 15.1 Å². The van der Waals surface area contributed by atoms with Gasteiger partial charge in [0.25, 0.3) is 5.91 Å². The summed E-state index contributed by atoms with van der Waals surface area (Å²) in [5, 5.41) is 3.11. The van der Waals surface area contributed by atoms with E-state index in [1.807, 2.05) is 0 Å². The average Bonchev–Trinajstić information content (AvgIpc) is 3.02. The van der Waals surface area contributed by atoms with Gasteiger partial charge in [0.1, 0.15) is 12.1 Å². The molecule has 134 valence electrons. The Bertz CT molecular complexity index is 667. The van der Waals surface area contributed by atoms with Gasteiger partial charge in [-0.15, -0.1) is 4.28 Å². The Kier molecular flexibility index (Phi) is 4.33. The molecule has 3 aliphatic heterocycles. The molecular formula is C11H16N4O8S. The molecule has 24 heavy (non-hydrogen) atoms. The number of hydrogen-bond acceptors (Lipinski definition) is 7. The number of amides is 4. The molecule has 12 nitrogen and oxygen atoms in total. The molecule has 3 atom stereocenters. The number of nitrogens with zero attached hydrogens (tertiary/aromatic N) is 2. The zero-order chi connectivity index (χ0) is 17.5. The molecule has 3 fully saturated rings. The number of carbonyl (C=O) groups is 3. The largest absolute Gasteiger partial charge is 0.418 e. The van der Waals surface area contributed by atoms with Crippen molar-refractivity contribution in [1.29, 1.82) is 0 Å². The van der Waals surface area contributed by atoms with E-state index in [1.54, 1.807) is 0 Å². The topological polar surface area (TPSA) is 155 Å². The molecule has 0 aromatic heterocycles. The highest BCUT2D eigenvalue weighted by Gasteiger charge is 2.49. The van der Waals surface area contributed by atoms with Gasteiger partial charge in [0.2, 0.25) is 5.91 Å². The van der Waals surface area contributed by atoms with Crippen molar-refractivity contribution in [1.82, 2.24) is 20.8 Å². The van der Waals surface area contributed by atoms with E-state index >= 15 is 0 Å². The molecule has 0 aromatic rings. The molecule has 0 unspecified atom stereocenters. The Morgan fingerprint density at radius 2 is 2.08 bits per heavy atom. The van der Waals surface area contributed by atoms with Crippen LogP contribution in [0.5, 0.6) is 0 Å². The van der Waals surface area contributed by atoms with E-state index in [0.29, 0.717) is 11.5 Å². The van der Waals surface area contributed by atoms with Crippen LogP contribution in [0.1, 0.15) is 19.3 Å². The lowest BCUT2D eigenvalue weighted by Gasteiger charge is -2.29. The average molecular weight is 364 g/mol. The number of nitrogens with one attached hydrogen (secondary N) is 2. The van der Waals surface area contributed by atoms with E-state index in [9.17, 15) is 22.8 Å². The van der Waals surface area contributed by atoms with Gasteiger partial charge >= 0.3 is 16.4 Å². The molecular weight excluding hydrogens is 348 g/mol. The van der Waals surface area contributed by atoms with Gasteiger partial charge in [-0.2, -0.15) is 13.5 Å². The van der Waals surface area contributed by atoms with Crippen molar-refractivity contribution in [2.45, 2.75) is 37.5 Å². The molecule has 3 rings (SSSR count). The van der Waals surface area contributed by atoms with Crippen LogP contribution in [0.25, 0.3) is 0 Å². The van der Waals surface area contributed by atoms with Crippen molar-refractivity contribution in [3.8, 4) is 0 Å². The van der Waals surface area contributed by atoms with E-state index in [-0.39, 0.29) is 31.8 Å². The van der Waals surface area contributed by atoms with Gasteiger partial charge in [0, 0.05) is 13.1 Å². The van der Waals surface area contributed by atoms with Crippen molar-refractivity contribution in [2.24, 2.45) is 0 Å². The van der Waals surface area contributed by atoms with Gasteiger partial charge in [-0.3, -0.25) is 19.0 Å². The van der Waals surface area contributed by atoms with Crippen molar-refractivity contribution in [2.75, 3.05) is 13.1 Å². The standard InChI is InChI=1S/C11H16N4O8S/c16-9-3-7(4-12-9)22-13-10(17)8-2-1-6-5-14(8)11(18)15(6)23-24(19,20)21/h6-8H,1-5H2,(H,12,16)(H,13,17)(H,19,20,21)/t6-,7-,8+/m1/s1. The first-order valence-electron chi connectivity index (χ1n) is 7.23. The second kappa shape index (κ2) is 6.16. The van der Waals surface area contributed by atoms with Crippen LogP contribution in [0.15, 0.2) is 0 Å². The summed E-state index contributed by atoms with van der Waals surface area (Å²) in [4.78, 5) is 41.7. The van der Waals surface area contributed by atoms with Crippen molar-refractivity contribution in [3.05, 3.63) is 0 Å². The lowest BCUT2D eigenvalue weighted by atomic mass is 10.0. The Hall–Kier alpha value is -1.96. The third kappa shape index (κ3) is 3.43. The lowest BCUT2D eigenvalue weighted by molar-refractivity contribution is -0.143. The van der Waals surface area contributed by atoms with Crippen molar-refractivity contribution < 1.29 is 36.5 Å². The maximum atomic E-state index is 12.2. The Morgan fingerprint density at radius 1 is 1.33 bits per heavy atom. The fraction of sp³-hybridized carbons (Fsp3) is 0.727. The van der Waals surface area contributed by atoms with Crippen LogP contribution in [0, 0.1) is 0 Å². The number of carbonyl (C=O) groups excluding carboxylic acids is 3. The predicted octanol–water partition coefficient (Wildman–Crippen LogP) is -2.07. The monoisotopic (exact) mass is 364 g/mol. The second-order valence-corrected chi connectivity index (χ2v) is 6.73. The molecule has 0 spiro atoms. The minimum absolute atomic E-state index is 0.0932. The molecule has 0 aromatic carbocycles. The fourth-order valence-electron chi connectivity index (χ4n) is 2.98. The van der Waals surface area contributed by atoms with Gasteiger partial charge in [-0.1, -0.05) is 0 Å². The van der Waals surface area contributed by atoms with E-state index < -0.39 is 40.5 Å². The summed E-state index contributed by atoms with van der Waals surface area (Å²) in [6.07, 6.45) is 0.246. The maximum absolute atomic E-state index is 12.2. The fourth-order valence-corrected chi connectivity index (χ4v) is 3.36. The quantitative estimate of drug-likeness (QED) is 0.371. The van der Waals surface area contributed by atoms with Crippen LogP contribution in [0.4, 0.5) is 4.79 Å². The Balaban J connectivity index is 1.59. The number of urea groups is 1. The minimum atomic E-state index is -4.83. The highest BCUT2D eigenvalue weighted by Crippen LogP contribution is 2.30. The van der Waals surface area contributed by atoms with Crippen LogP contribution in [0.3, 0.4) is 0 Å². The number of hydroxylamine groups is 3. The third-order valence-electron chi connectivity index (χ3n) is 4.07. The van der Waals surface area contributed by atoms with Gasteiger partial charge in [0.15, 0.2) is 0 Å².